The van der Waals surface area contributed by atoms with E-state index in [1.165, 1.54) is 18.2 Å². The molecular weight excluding hydrogens is 356 g/mol. The van der Waals surface area contributed by atoms with E-state index in [0.29, 0.717) is 37.7 Å². The lowest BCUT2D eigenvalue weighted by Crippen LogP contribution is -2.48. The van der Waals surface area contributed by atoms with E-state index in [-0.39, 0.29) is 5.69 Å². The first-order valence-electron chi connectivity index (χ1n) is 7.78. The summed E-state index contributed by atoms with van der Waals surface area (Å²) in [6, 6.07) is 5.78. The maximum absolute atomic E-state index is 13.3. The number of nitro benzene ring substituents is 1. The second kappa shape index (κ2) is 6.77. The monoisotopic (exact) mass is 371 g/mol. The summed E-state index contributed by atoms with van der Waals surface area (Å²) in [4.78, 5) is 16.7. The van der Waals surface area contributed by atoms with Gasteiger partial charge in [-0.15, -0.1) is 0 Å². The highest BCUT2D eigenvalue weighted by Gasteiger charge is 2.33. The summed E-state index contributed by atoms with van der Waals surface area (Å²) in [6.07, 6.45) is -3.50. The van der Waals surface area contributed by atoms with E-state index in [1.54, 1.807) is 4.90 Å². The van der Waals surface area contributed by atoms with Crippen LogP contribution >= 0.6 is 0 Å². The van der Waals surface area contributed by atoms with Gasteiger partial charge in [0, 0.05) is 6.07 Å². The molecule has 6 nitrogen and oxygen atoms in total. The Bertz CT molecular complexity index is 803. The number of benzene rings is 1. The van der Waals surface area contributed by atoms with E-state index >= 15 is 0 Å². The number of H-pyrrole nitrogens is 1. The number of alkyl halides is 3. The average molecular weight is 371 g/mol. The third-order valence-corrected chi connectivity index (χ3v) is 4.22. The number of hydrogen-bond acceptors (Lipinski definition) is 4. The van der Waals surface area contributed by atoms with Gasteiger partial charge in [-0.05, 0) is 18.2 Å². The highest BCUT2D eigenvalue weighted by Crippen LogP contribution is 2.31. The zero-order chi connectivity index (χ0) is 18.9. The van der Waals surface area contributed by atoms with Gasteiger partial charge in [0.05, 0.1) is 29.6 Å². The van der Waals surface area contributed by atoms with Crippen LogP contribution in [0.25, 0.3) is 0 Å². The van der Waals surface area contributed by atoms with Crippen molar-refractivity contribution in [1.29, 1.82) is 0 Å². The summed E-state index contributed by atoms with van der Waals surface area (Å²) < 4.78 is 51.1. The molecular formula is C16H15F4N4O2+. The van der Waals surface area contributed by atoms with E-state index in [1.807, 2.05) is 4.90 Å². The van der Waals surface area contributed by atoms with E-state index < -0.39 is 22.5 Å². The minimum Gasteiger partial charge on any atom is -0.358 e. The molecule has 1 N–H and O–H groups in total. The summed E-state index contributed by atoms with van der Waals surface area (Å²) in [5.74, 6) is -0.148. The number of anilines is 2. The van der Waals surface area contributed by atoms with E-state index in [0.717, 1.165) is 18.3 Å². The van der Waals surface area contributed by atoms with Crippen LogP contribution < -0.4 is 14.8 Å². The maximum Gasteiger partial charge on any atom is 0.419 e. The number of aromatic nitrogens is 1. The Balaban J connectivity index is 1.71. The molecule has 0 unspecified atom stereocenters. The Hall–Kier alpha value is -2.91. The van der Waals surface area contributed by atoms with Gasteiger partial charge < -0.3 is 4.90 Å². The number of piperazine rings is 1. The lowest BCUT2D eigenvalue weighted by molar-refractivity contribution is -0.384. The number of aromatic amines is 1. The van der Waals surface area contributed by atoms with Crippen molar-refractivity contribution in [2.45, 2.75) is 6.18 Å². The molecule has 0 spiro atoms. The second-order valence-corrected chi connectivity index (χ2v) is 5.82. The molecule has 0 saturated carbocycles. The largest absolute Gasteiger partial charge is 0.419 e. The standard InChI is InChI=1S/C16H14F4N4O2/c17-12-2-3-13(14(9-12)24(25)26)22-5-7-23(8-6-22)15-4-1-11(10-21-15)16(18,19)20/h1-4,9-10H,5-8H2/p+1. The van der Waals surface area contributed by atoms with Crippen LogP contribution in [0.15, 0.2) is 36.5 Å². The first-order chi connectivity index (χ1) is 12.3. The van der Waals surface area contributed by atoms with Crippen molar-refractivity contribution < 1.29 is 27.5 Å². The van der Waals surface area contributed by atoms with Crippen LogP contribution in [-0.4, -0.2) is 31.1 Å². The molecule has 0 amide bonds. The molecule has 1 aromatic carbocycles. The van der Waals surface area contributed by atoms with Crippen molar-refractivity contribution >= 4 is 17.2 Å². The molecule has 0 bridgehead atoms. The number of rotatable bonds is 3. The van der Waals surface area contributed by atoms with Gasteiger partial charge >= 0.3 is 6.18 Å². The fourth-order valence-electron chi connectivity index (χ4n) is 2.89. The smallest absolute Gasteiger partial charge is 0.358 e. The second-order valence-electron chi connectivity index (χ2n) is 5.82. The Morgan fingerprint density at radius 1 is 1.04 bits per heavy atom. The van der Waals surface area contributed by atoms with Crippen LogP contribution in [0.3, 0.4) is 0 Å². The highest BCUT2D eigenvalue weighted by molar-refractivity contribution is 5.64. The zero-order valence-corrected chi connectivity index (χ0v) is 13.5. The van der Waals surface area contributed by atoms with E-state index in [4.69, 9.17) is 0 Å². The molecule has 1 aliphatic rings. The Morgan fingerprint density at radius 3 is 2.23 bits per heavy atom. The van der Waals surface area contributed by atoms with E-state index in [9.17, 15) is 27.7 Å². The molecule has 138 valence electrons. The van der Waals surface area contributed by atoms with Crippen molar-refractivity contribution in [1.82, 2.24) is 0 Å². The number of nitrogens with zero attached hydrogens (tertiary/aromatic N) is 3. The quantitative estimate of drug-likeness (QED) is 0.473. The molecule has 0 atom stereocenters. The van der Waals surface area contributed by atoms with Gasteiger partial charge in [0.15, 0.2) is 0 Å². The van der Waals surface area contributed by atoms with Crippen LogP contribution in [0, 0.1) is 15.9 Å². The SMILES string of the molecule is O=[N+]([O-])c1cc(F)ccc1N1CCN(c2ccc(C(F)(F)F)c[nH+]2)CC1. The van der Waals surface area contributed by atoms with Gasteiger partial charge in [0.2, 0.25) is 0 Å². The predicted molar refractivity (Wildman–Crippen MR) is 85.5 cm³/mol. The summed E-state index contributed by atoms with van der Waals surface area (Å²) in [6.45, 7) is 1.75. The Labute approximate surface area is 145 Å². The molecule has 0 aliphatic carbocycles. The first kappa shape index (κ1) is 17.9. The molecule has 1 saturated heterocycles. The molecule has 26 heavy (non-hydrogen) atoms. The first-order valence-corrected chi connectivity index (χ1v) is 7.78. The maximum atomic E-state index is 13.3. The molecule has 2 aromatic rings. The topological polar surface area (TPSA) is 63.8 Å². The third-order valence-electron chi connectivity index (χ3n) is 4.22. The van der Waals surface area contributed by atoms with Crippen LogP contribution in [0.1, 0.15) is 5.56 Å². The summed E-state index contributed by atoms with van der Waals surface area (Å²) in [5.41, 5.74) is -0.742. The van der Waals surface area contributed by atoms with Crippen LogP contribution in [-0.2, 0) is 6.18 Å². The molecule has 1 aromatic heterocycles. The van der Waals surface area contributed by atoms with Crippen molar-refractivity contribution in [3.63, 3.8) is 0 Å². The number of pyridine rings is 1. The van der Waals surface area contributed by atoms with Gasteiger partial charge in [-0.25, -0.2) is 9.37 Å². The van der Waals surface area contributed by atoms with Gasteiger partial charge in [0.25, 0.3) is 11.5 Å². The van der Waals surface area contributed by atoms with Gasteiger partial charge in [0.1, 0.15) is 30.8 Å². The number of hydrogen-bond donors (Lipinski definition) is 0. The van der Waals surface area contributed by atoms with Crippen LogP contribution in [0.4, 0.5) is 34.8 Å². The molecule has 1 fully saturated rings. The van der Waals surface area contributed by atoms with Gasteiger partial charge in [-0.1, -0.05) is 0 Å². The van der Waals surface area contributed by atoms with Crippen molar-refractivity contribution in [2.24, 2.45) is 0 Å². The number of nitrogens with one attached hydrogen (secondary N) is 1. The fourth-order valence-corrected chi connectivity index (χ4v) is 2.89. The zero-order valence-electron chi connectivity index (χ0n) is 13.5. The van der Waals surface area contributed by atoms with Crippen LogP contribution in [0.5, 0.6) is 0 Å². The Kier molecular flexibility index (Phi) is 4.66. The van der Waals surface area contributed by atoms with Gasteiger partial charge in [-0.2, -0.15) is 13.2 Å². The highest BCUT2D eigenvalue weighted by atomic mass is 19.4. The fraction of sp³-hybridized carbons (Fsp3) is 0.312. The predicted octanol–water partition coefficient (Wildman–Crippen LogP) is 2.89. The van der Waals surface area contributed by atoms with E-state index in [2.05, 4.69) is 4.98 Å². The average Bonchev–Trinajstić information content (AvgIpc) is 2.61. The number of halogens is 4. The lowest BCUT2D eigenvalue weighted by Gasteiger charge is -2.32. The minimum absolute atomic E-state index is 0.306. The summed E-state index contributed by atoms with van der Waals surface area (Å²) >= 11 is 0. The molecule has 10 heteroatoms. The lowest BCUT2D eigenvalue weighted by atomic mass is 10.2. The van der Waals surface area contributed by atoms with Crippen molar-refractivity contribution in [2.75, 3.05) is 36.0 Å². The molecule has 1 aliphatic heterocycles. The van der Waals surface area contributed by atoms with Crippen LogP contribution in [0.2, 0.25) is 0 Å². The summed E-state index contributed by atoms with van der Waals surface area (Å²) in [5, 5.41) is 11.1. The minimum atomic E-state index is -4.41. The Morgan fingerprint density at radius 2 is 1.69 bits per heavy atom. The van der Waals surface area contributed by atoms with Crippen molar-refractivity contribution in [3.8, 4) is 0 Å². The molecule has 0 radical (unpaired) electrons. The normalized spacial score (nSPS) is 15.2. The molecule has 2 heterocycles. The van der Waals surface area contributed by atoms with Gasteiger partial charge in [-0.3, -0.25) is 15.0 Å². The summed E-state index contributed by atoms with van der Waals surface area (Å²) in [7, 11) is 0. The molecule has 3 rings (SSSR count). The van der Waals surface area contributed by atoms with Crippen molar-refractivity contribution in [3.05, 3.63) is 58.0 Å². The number of nitro groups is 1. The third kappa shape index (κ3) is 3.68.